The quantitative estimate of drug-likeness (QED) is 0.307. The predicted octanol–water partition coefficient (Wildman–Crippen LogP) is 3.80. The molecule has 3 aromatic rings. The highest BCUT2D eigenvalue weighted by Gasteiger charge is 2.24. The van der Waals surface area contributed by atoms with Gasteiger partial charge in [-0.2, -0.15) is 0 Å². The number of hydrogen-bond donors (Lipinski definition) is 0. The fraction of sp³-hybridized carbons (Fsp3) is 0.400. The number of nitrogens with zero attached hydrogens (tertiary/aromatic N) is 3. The Kier molecular flexibility index (Phi) is 9.64. The standard InChI is InChI=1S/C30H35N3O6S/c1-23-7-9-25(39-23)19-33(18-24-8-10-27-28(17-24)38-22-37-27)29(34)20-32(12-11-31-13-15-36-16-14-31)30(35)21-40-26-5-3-2-4-6-26/h2-10,17H,11-16,18-22H2,1H3. The van der Waals surface area contributed by atoms with Crippen molar-refractivity contribution in [1.82, 2.24) is 14.7 Å². The Hall–Kier alpha value is -3.47. The van der Waals surface area contributed by atoms with Crippen LogP contribution >= 0.6 is 11.8 Å². The summed E-state index contributed by atoms with van der Waals surface area (Å²) >= 11 is 1.48. The largest absolute Gasteiger partial charge is 0.464 e. The number of hydrogen-bond acceptors (Lipinski definition) is 8. The van der Waals surface area contributed by atoms with Crippen LogP contribution in [-0.2, 0) is 27.4 Å². The molecule has 0 N–H and O–H groups in total. The van der Waals surface area contributed by atoms with Crippen molar-refractivity contribution in [3.05, 3.63) is 77.7 Å². The van der Waals surface area contributed by atoms with E-state index < -0.39 is 0 Å². The monoisotopic (exact) mass is 565 g/mol. The van der Waals surface area contributed by atoms with Gasteiger partial charge >= 0.3 is 0 Å². The van der Waals surface area contributed by atoms with Gasteiger partial charge in [-0.05, 0) is 48.9 Å². The van der Waals surface area contributed by atoms with E-state index in [0.717, 1.165) is 29.3 Å². The van der Waals surface area contributed by atoms with Crippen molar-refractivity contribution in [1.29, 1.82) is 0 Å². The van der Waals surface area contributed by atoms with Gasteiger partial charge in [0.15, 0.2) is 11.5 Å². The molecule has 0 radical (unpaired) electrons. The van der Waals surface area contributed by atoms with Crippen molar-refractivity contribution in [2.45, 2.75) is 24.9 Å². The molecule has 1 fully saturated rings. The second-order valence-corrected chi connectivity index (χ2v) is 10.9. The zero-order chi connectivity index (χ0) is 27.7. The summed E-state index contributed by atoms with van der Waals surface area (Å²) in [5.74, 6) is 2.89. The van der Waals surface area contributed by atoms with Gasteiger partial charge in [0.05, 0.1) is 32.1 Å². The summed E-state index contributed by atoms with van der Waals surface area (Å²) in [6.07, 6.45) is 0. The first-order chi connectivity index (χ1) is 19.5. The number of morpholine rings is 1. The second kappa shape index (κ2) is 13.7. The number of furan rings is 1. The van der Waals surface area contributed by atoms with Gasteiger partial charge in [-0.1, -0.05) is 24.3 Å². The Morgan fingerprint density at radius 3 is 2.48 bits per heavy atom. The zero-order valence-corrected chi connectivity index (χ0v) is 23.6. The molecule has 0 unspecified atom stereocenters. The van der Waals surface area contributed by atoms with Crippen LogP contribution in [0.25, 0.3) is 0 Å². The number of rotatable bonds is 12. The van der Waals surface area contributed by atoms with E-state index in [1.54, 1.807) is 9.80 Å². The van der Waals surface area contributed by atoms with Gasteiger partial charge in [-0.25, -0.2) is 0 Å². The first kappa shape index (κ1) is 28.1. The van der Waals surface area contributed by atoms with E-state index in [-0.39, 0.29) is 30.9 Å². The molecule has 1 saturated heterocycles. The maximum atomic E-state index is 13.8. The third kappa shape index (κ3) is 7.80. The Bertz CT molecular complexity index is 1280. The molecule has 10 heteroatoms. The summed E-state index contributed by atoms with van der Waals surface area (Å²) in [6, 6.07) is 19.3. The first-order valence-corrected chi connectivity index (χ1v) is 14.5. The van der Waals surface area contributed by atoms with E-state index in [0.29, 0.717) is 56.7 Å². The molecule has 2 aliphatic rings. The second-order valence-electron chi connectivity index (χ2n) is 9.82. The van der Waals surface area contributed by atoms with Crippen LogP contribution in [-0.4, -0.2) is 85.0 Å². The molecule has 0 saturated carbocycles. The minimum absolute atomic E-state index is 0.0111. The van der Waals surface area contributed by atoms with Gasteiger partial charge in [-0.15, -0.1) is 11.8 Å². The van der Waals surface area contributed by atoms with Gasteiger partial charge < -0.3 is 28.4 Å². The van der Waals surface area contributed by atoms with Crippen LogP contribution in [0.3, 0.4) is 0 Å². The number of fused-ring (bicyclic) bond motifs is 1. The summed E-state index contributed by atoms with van der Waals surface area (Å²) in [5, 5.41) is 0. The van der Waals surface area contributed by atoms with Crippen molar-refractivity contribution >= 4 is 23.6 Å². The van der Waals surface area contributed by atoms with Crippen LogP contribution < -0.4 is 9.47 Å². The molecule has 9 nitrogen and oxygen atoms in total. The number of aryl methyl sites for hydroxylation is 1. The molecule has 0 aliphatic carbocycles. The maximum absolute atomic E-state index is 13.8. The minimum atomic E-state index is -0.147. The highest BCUT2D eigenvalue weighted by molar-refractivity contribution is 8.00. The Morgan fingerprint density at radius 2 is 1.70 bits per heavy atom. The lowest BCUT2D eigenvalue weighted by Gasteiger charge is -2.31. The lowest BCUT2D eigenvalue weighted by atomic mass is 10.2. The minimum Gasteiger partial charge on any atom is -0.464 e. The summed E-state index contributed by atoms with van der Waals surface area (Å²) in [4.78, 5) is 34.0. The van der Waals surface area contributed by atoms with Crippen molar-refractivity contribution in [2.24, 2.45) is 0 Å². The normalized spacial score (nSPS) is 14.7. The SMILES string of the molecule is Cc1ccc(CN(Cc2ccc3c(c2)OCO3)C(=O)CN(CCN2CCOCC2)C(=O)CSc2ccccc2)o1. The maximum Gasteiger partial charge on any atom is 0.242 e. The van der Waals surface area contributed by atoms with E-state index in [1.165, 1.54) is 11.8 Å². The molecule has 0 spiro atoms. The third-order valence-electron chi connectivity index (χ3n) is 6.88. The number of carbonyl (C=O) groups is 2. The van der Waals surface area contributed by atoms with Crippen molar-refractivity contribution in [3.8, 4) is 11.5 Å². The number of carbonyl (C=O) groups excluding carboxylic acids is 2. The molecule has 2 aromatic carbocycles. The van der Waals surface area contributed by atoms with Crippen LogP contribution in [0.4, 0.5) is 0 Å². The summed E-state index contributed by atoms with van der Waals surface area (Å²) in [7, 11) is 0. The van der Waals surface area contributed by atoms with E-state index >= 15 is 0 Å². The smallest absolute Gasteiger partial charge is 0.242 e. The summed E-state index contributed by atoms with van der Waals surface area (Å²) in [6.45, 7) is 6.87. The van der Waals surface area contributed by atoms with Gasteiger partial charge in [0.25, 0.3) is 0 Å². The van der Waals surface area contributed by atoms with E-state index in [2.05, 4.69) is 4.90 Å². The zero-order valence-electron chi connectivity index (χ0n) is 22.8. The number of amides is 2. The van der Waals surface area contributed by atoms with E-state index in [1.807, 2.05) is 67.6 Å². The van der Waals surface area contributed by atoms with Gasteiger partial charge in [0.2, 0.25) is 18.6 Å². The lowest BCUT2D eigenvalue weighted by Crippen LogP contribution is -2.47. The molecular formula is C30H35N3O6S. The lowest BCUT2D eigenvalue weighted by molar-refractivity contribution is -0.140. The highest BCUT2D eigenvalue weighted by atomic mass is 32.2. The molecule has 3 heterocycles. The summed E-state index contributed by atoms with van der Waals surface area (Å²) < 4.78 is 22.2. The molecular weight excluding hydrogens is 530 g/mol. The van der Waals surface area contributed by atoms with E-state index in [9.17, 15) is 9.59 Å². The highest BCUT2D eigenvalue weighted by Crippen LogP contribution is 2.33. The predicted molar refractivity (Wildman–Crippen MR) is 151 cm³/mol. The first-order valence-electron chi connectivity index (χ1n) is 13.5. The van der Waals surface area contributed by atoms with Crippen molar-refractivity contribution < 1.29 is 28.2 Å². The Morgan fingerprint density at radius 1 is 0.900 bits per heavy atom. The van der Waals surface area contributed by atoms with Crippen LogP contribution in [0.5, 0.6) is 11.5 Å². The molecule has 212 valence electrons. The molecule has 1 aromatic heterocycles. The van der Waals surface area contributed by atoms with Gasteiger partial charge in [-0.3, -0.25) is 14.5 Å². The van der Waals surface area contributed by atoms with Crippen molar-refractivity contribution in [3.63, 3.8) is 0 Å². The topological polar surface area (TPSA) is 84.7 Å². The third-order valence-corrected chi connectivity index (χ3v) is 7.88. The molecule has 2 amide bonds. The Labute approximate surface area is 239 Å². The average molecular weight is 566 g/mol. The van der Waals surface area contributed by atoms with Crippen LogP contribution in [0.15, 0.2) is 70.0 Å². The van der Waals surface area contributed by atoms with Crippen LogP contribution in [0.1, 0.15) is 17.1 Å². The van der Waals surface area contributed by atoms with Crippen molar-refractivity contribution in [2.75, 3.05) is 58.5 Å². The van der Waals surface area contributed by atoms with Crippen LogP contribution in [0, 0.1) is 6.92 Å². The molecule has 40 heavy (non-hydrogen) atoms. The fourth-order valence-electron chi connectivity index (χ4n) is 4.65. The number of ether oxygens (including phenoxy) is 3. The van der Waals surface area contributed by atoms with Gasteiger partial charge in [0.1, 0.15) is 11.5 Å². The van der Waals surface area contributed by atoms with E-state index in [4.69, 9.17) is 18.6 Å². The average Bonchev–Trinajstić information content (AvgIpc) is 3.62. The molecule has 0 bridgehead atoms. The number of thioether (sulfide) groups is 1. The molecule has 5 rings (SSSR count). The van der Waals surface area contributed by atoms with Crippen LogP contribution in [0.2, 0.25) is 0 Å². The number of benzene rings is 2. The Balaban J connectivity index is 1.30. The van der Waals surface area contributed by atoms with Gasteiger partial charge in [0, 0.05) is 37.6 Å². The summed E-state index contributed by atoms with van der Waals surface area (Å²) in [5.41, 5.74) is 0.909. The molecule has 2 aliphatic heterocycles. The fourth-order valence-corrected chi connectivity index (χ4v) is 5.47. The molecule has 0 atom stereocenters.